The standard InChI is InChI=1S/C10H8Cl2FN3/c1-16-8(9(12)15-10(16)14)6-4-5(11)2-3-7(6)13/h2-4H,1H3,(H2,14,15). The Morgan fingerprint density at radius 2 is 2.06 bits per heavy atom. The zero-order valence-corrected chi connectivity index (χ0v) is 9.85. The van der Waals surface area contributed by atoms with E-state index in [9.17, 15) is 4.39 Å². The maximum atomic E-state index is 13.6. The van der Waals surface area contributed by atoms with E-state index in [1.807, 2.05) is 0 Å². The molecule has 0 bridgehead atoms. The Morgan fingerprint density at radius 1 is 1.38 bits per heavy atom. The van der Waals surface area contributed by atoms with Crippen molar-refractivity contribution in [1.29, 1.82) is 0 Å². The van der Waals surface area contributed by atoms with Gasteiger partial charge in [-0.15, -0.1) is 0 Å². The van der Waals surface area contributed by atoms with Crippen molar-refractivity contribution in [2.45, 2.75) is 0 Å². The van der Waals surface area contributed by atoms with Gasteiger partial charge in [0, 0.05) is 17.6 Å². The summed E-state index contributed by atoms with van der Waals surface area (Å²) >= 11 is 11.7. The molecule has 3 nitrogen and oxygen atoms in total. The molecule has 0 spiro atoms. The molecule has 1 aromatic carbocycles. The van der Waals surface area contributed by atoms with E-state index in [-0.39, 0.29) is 16.7 Å². The van der Waals surface area contributed by atoms with E-state index in [1.165, 1.54) is 22.8 Å². The fourth-order valence-corrected chi connectivity index (χ4v) is 1.94. The highest BCUT2D eigenvalue weighted by atomic mass is 35.5. The molecule has 0 atom stereocenters. The first-order chi connectivity index (χ1) is 7.50. The fourth-order valence-electron chi connectivity index (χ4n) is 1.45. The van der Waals surface area contributed by atoms with Gasteiger partial charge in [-0.2, -0.15) is 0 Å². The zero-order chi connectivity index (χ0) is 11.9. The molecule has 1 aromatic heterocycles. The molecule has 0 saturated carbocycles. The summed E-state index contributed by atoms with van der Waals surface area (Å²) in [6.07, 6.45) is 0. The minimum Gasteiger partial charge on any atom is -0.369 e. The van der Waals surface area contributed by atoms with Gasteiger partial charge in [0.1, 0.15) is 5.82 Å². The van der Waals surface area contributed by atoms with Gasteiger partial charge in [0.2, 0.25) is 5.95 Å². The van der Waals surface area contributed by atoms with Gasteiger partial charge < -0.3 is 10.3 Å². The number of imidazole rings is 1. The van der Waals surface area contributed by atoms with E-state index in [2.05, 4.69) is 4.98 Å². The van der Waals surface area contributed by atoms with Crippen molar-refractivity contribution in [2.24, 2.45) is 7.05 Å². The minimum atomic E-state index is -0.422. The molecule has 6 heteroatoms. The lowest BCUT2D eigenvalue weighted by atomic mass is 10.1. The molecule has 0 amide bonds. The van der Waals surface area contributed by atoms with E-state index in [1.54, 1.807) is 7.05 Å². The molecule has 0 unspecified atom stereocenters. The summed E-state index contributed by atoms with van der Waals surface area (Å²) in [7, 11) is 1.66. The summed E-state index contributed by atoms with van der Waals surface area (Å²) < 4.78 is 15.1. The van der Waals surface area contributed by atoms with E-state index in [0.717, 1.165) is 0 Å². The summed E-state index contributed by atoms with van der Waals surface area (Å²) in [5.41, 5.74) is 6.28. The van der Waals surface area contributed by atoms with E-state index >= 15 is 0 Å². The second-order valence-electron chi connectivity index (χ2n) is 3.29. The molecule has 0 aliphatic carbocycles. The fraction of sp³-hybridized carbons (Fsp3) is 0.100. The lowest BCUT2D eigenvalue weighted by Gasteiger charge is -2.06. The van der Waals surface area contributed by atoms with Gasteiger partial charge in [0.15, 0.2) is 5.15 Å². The van der Waals surface area contributed by atoms with Gasteiger partial charge >= 0.3 is 0 Å². The first-order valence-corrected chi connectivity index (χ1v) is 5.19. The summed E-state index contributed by atoms with van der Waals surface area (Å²) in [6.45, 7) is 0. The van der Waals surface area contributed by atoms with E-state index < -0.39 is 5.82 Å². The van der Waals surface area contributed by atoms with Crippen LogP contribution in [0.4, 0.5) is 10.3 Å². The molecule has 16 heavy (non-hydrogen) atoms. The average Bonchev–Trinajstić information content (AvgIpc) is 2.46. The Bertz CT molecular complexity index is 551. The molecule has 0 saturated heterocycles. The lowest BCUT2D eigenvalue weighted by molar-refractivity contribution is 0.630. The second kappa shape index (κ2) is 3.96. The normalized spacial score (nSPS) is 10.8. The third-order valence-corrected chi connectivity index (χ3v) is 2.77. The summed E-state index contributed by atoms with van der Waals surface area (Å²) in [6, 6.07) is 4.23. The Labute approximate surface area is 102 Å². The third kappa shape index (κ3) is 1.74. The Morgan fingerprint density at radius 3 is 2.62 bits per heavy atom. The molecular formula is C10H8Cl2FN3. The highest BCUT2D eigenvalue weighted by molar-refractivity contribution is 6.33. The molecule has 0 aliphatic rings. The maximum Gasteiger partial charge on any atom is 0.201 e. The summed E-state index contributed by atoms with van der Waals surface area (Å²) in [5, 5.41) is 0.577. The van der Waals surface area contributed by atoms with Crippen LogP contribution in [-0.2, 0) is 7.05 Å². The highest BCUT2D eigenvalue weighted by Crippen LogP contribution is 2.32. The van der Waals surface area contributed by atoms with Crippen LogP contribution in [0.2, 0.25) is 10.2 Å². The van der Waals surface area contributed by atoms with Gasteiger partial charge in [0.05, 0.1) is 5.69 Å². The molecule has 0 aliphatic heterocycles. The van der Waals surface area contributed by atoms with Gasteiger partial charge in [-0.25, -0.2) is 9.37 Å². The van der Waals surface area contributed by atoms with Crippen molar-refractivity contribution in [2.75, 3.05) is 5.73 Å². The number of hydrogen-bond acceptors (Lipinski definition) is 2. The molecule has 2 aromatic rings. The van der Waals surface area contributed by atoms with Crippen LogP contribution in [-0.4, -0.2) is 9.55 Å². The third-order valence-electron chi connectivity index (χ3n) is 2.27. The van der Waals surface area contributed by atoms with Crippen molar-refractivity contribution in [3.05, 3.63) is 34.2 Å². The number of aromatic nitrogens is 2. The number of nitrogen functional groups attached to an aromatic ring is 1. The molecule has 0 radical (unpaired) electrons. The first kappa shape index (κ1) is 11.2. The van der Waals surface area contributed by atoms with Crippen LogP contribution in [0.5, 0.6) is 0 Å². The Kier molecular flexibility index (Phi) is 2.78. The highest BCUT2D eigenvalue weighted by Gasteiger charge is 2.16. The van der Waals surface area contributed by atoms with E-state index in [4.69, 9.17) is 28.9 Å². The number of benzene rings is 1. The van der Waals surface area contributed by atoms with Crippen LogP contribution in [0.25, 0.3) is 11.3 Å². The number of anilines is 1. The summed E-state index contributed by atoms with van der Waals surface area (Å²) in [5.74, 6) is -0.200. The van der Waals surface area contributed by atoms with Crippen molar-refractivity contribution in [3.63, 3.8) is 0 Å². The molecule has 84 valence electrons. The SMILES string of the molecule is Cn1c(N)nc(Cl)c1-c1cc(Cl)ccc1F. The molecule has 1 heterocycles. The second-order valence-corrected chi connectivity index (χ2v) is 4.09. The van der Waals surface area contributed by atoms with Crippen molar-refractivity contribution in [1.82, 2.24) is 9.55 Å². The van der Waals surface area contributed by atoms with Crippen LogP contribution in [0.3, 0.4) is 0 Å². The molecule has 2 rings (SSSR count). The minimum absolute atomic E-state index is 0.154. The zero-order valence-electron chi connectivity index (χ0n) is 8.34. The Hall–Kier alpha value is -1.26. The van der Waals surface area contributed by atoms with Gasteiger partial charge in [-0.1, -0.05) is 23.2 Å². The monoisotopic (exact) mass is 259 g/mol. The number of nitrogens with two attached hydrogens (primary N) is 1. The van der Waals surface area contributed by atoms with Crippen LogP contribution in [0.15, 0.2) is 18.2 Å². The predicted octanol–water partition coefficient (Wildman–Crippen LogP) is 3.12. The lowest BCUT2D eigenvalue weighted by Crippen LogP contribution is -1.99. The quantitative estimate of drug-likeness (QED) is 0.856. The maximum absolute atomic E-state index is 13.6. The number of hydrogen-bond donors (Lipinski definition) is 1. The van der Waals surface area contributed by atoms with Crippen LogP contribution in [0, 0.1) is 5.82 Å². The molecule has 0 fully saturated rings. The van der Waals surface area contributed by atoms with Crippen molar-refractivity contribution >= 4 is 29.2 Å². The van der Waals surface area contributed by atoms with Gasteiger partial charge in [-0.05, 0) is 18.2 Å². The van der Waals surface area contributed by atoms with Crippen molar-refractivity contribution < 1.29 is 4.39 Å². The van der Waals surface area contributed by atoms with E-state index in [0.29, 0.717) is 10.7 Å². The van der Waals surface area contributed by atoms with Gasteiger partial charge in [-0.3, -0.25) is 0 Å². The van der Waals surface area contributed by atoms with Crippen LogP contribution < -0.4 is 5.73 Å². The van der Waals surface area contributed by atoms with Gasteiger partial charge in [0.25, 0.3) is 0 Å². The number of nitrogens with zero attached hydrogens (tertiary/aromatic N) is 2. The molecule has 2 N–H and O–H groups in total. The first-order valence-electron chi connectivity index (χ1n) is 4.44. The average molecular weight is 260 g/mol. The molecular weight excluding hydrogens is 252 g/mol. The summed E-state index contributed by atoms with van der Waals surface area (Å²) in [4.78, 5) is 3.85. The van der Waals surface area contributed by atoms with Crippen molar-refractivity contribution in [3.8, 4) is 11.3 Å². The van der Waals surface area contributed by atoms with Crippen LogP contribution in [0.1, 0.15) is 0 Å². The predicted molar refractivity (Wildman–Crippen MR) is 63.0 cm³/mol. The largest absolute Gasteiger partial charge is 0.369 e. The number of halogens is 3. The van der Waals surface area contributed by atoms with Crippen LogP contribution >= 0.6 is 23.2 Å². The number of rotatable bonds is 1. The Balaban J connectivity index is 2.71. The topological polar surface area (TPSA) is 43.8 Å². The smallest absolute Gasteiger partial charge is 0.201 e.